The number of rotatable bonds is 6. The normalized spacial score (nSPS) is 12.8. The lowest BCUT2D eigenvalue weighted by Gasteiger charge is -2.19. The van der Waals surface area contributed by atoms with Crippen LogP contribution in [0.1, 0.15) is 20.8 Å². The van der Waals surface area contributed by atoms with Gasteiger partial charge in [-0.3, -0.25) is 9.59 Å². The number of methoxy groups -OCH3 is 1. The van der Waals surface area contributed by atoms with Gasteiger partial charge >= 0.3 is 5.97 Å². The standard InChI is InChI=1S/C14H20N2O5S/c1-9(2)13(14(18)21-4)16-22(19,20)12-7-5-11(6-8-12)15-10(3)17/h5-9,13,16H,1-4H3,(H,15,17)/t13-/m0/s1. The van der Waals surface area contributed by atoms with Crippen LogP contribution in [0.5, 0.6) is 0 Å². The van der Waals surface area contributed by atoms with E-state index in [2.05, 4.69) is 14.8 Å². The van der Waals surface area contributed by atoms with Crippen molar-refractivity contribution in [3.8, 4) is 0 Å². The van der Waals surface area contributed by atoms with Gasteiger partial charge in [0.25, 0.3) is 0 Å². The van der Waals surface area contributed by atoms with Gasteiger partial charge in [0.2, 0.25) is 15.9 Å². The molecule has 122 valence electrons. The molecular weight excluding hydrogens is 308 g/mol. The molecule has 1 atom stereocenters. The minimum Gasteiger partial charge on any atom is -0.468 e. The minimum atomic E-state index is -3.87. The van der Waals surface area contributed by atoms with Crippen molar-refractivity contribution in [2.45, 2.75) is 31.7 Å². The zero-order chi connectivity index (χ0) is 16.9. The Labute approximate surface area is 130 Å². The third-order valence-corrected chi connectivity index (χ3v) is 4.35. The van der Waals surface area contributed by atoms with E-state index in [4.69, 9.17) is 0 Å². The molecule has 1 rings (SSSR count). The molecule has 0 spiro atoms. The van der Waals surface area contributed by atoms with Gasteiger partial charge in [-0.05, 0) is 30.2 Å². The first-order valence-corrected chi connectivity index (χ1v) is 8.13. The fourth-order valence-corrected chi connectivity index (χ4v) is 3.07. The maximum atomic E-state index is 12.3. The summed E-state index contributed by atoms with van der Waals surface area (Å²) in [5.41, 5.74) is 0.486. The highest BCUT2D eigenvalue weighted by Crippen LogP contribution is 2.16. The van der Waals surface area contributed by atoms with E-state index < -0.39 is 22.0 Å². The van der Waals surface area contributed by atoms with Gasteiger partial charge in [-0.2, -0.15) is 4.72 Å². The minimum absolute atomic E-state index is 0.00356. The van der Waals surface area contributed by atoms with Crippen molar-refractivity contribution in [1.82, 2.24) is 4.72 Å². The molecule has 0 radical (unpaired) electrons. The van der Waals surface area contributed by atoms with Gasteiger partial charge in [-0.1, -0.05) is 13.8 Å². The Morgan fingerprint density at radius 2 is 1.68 bits per heavy atom. The molecule has 7 nitrogen and oxygen atoms in total. The molecule has 1 amide bonds. The van der Waals surface area contributed by atoms with Crippen molar-refractivity contribution in [2.75, 3.05) is 12.4 Å². The third-order valence-electron chi connectivity index (χ3n) is 2.89. The van der Waals surface area contributed by atoms with Gasteiger partial charge in [0.1, 0.15) is 6.04 Å². The molecule has 0 aliphatic rings. The number of esters is 1. The van der Waals surface area contributed by atoms with Crippen LogP contribution in [0.4, 0.5) is 5.69 Å². The zero-order valence-electron chi connectivity index (χ0n) is 12.9. The van der Waals surface area contributed by atoms with E-state index in [0.29, 0.717) is 5.69 Å². The number of amides is 1. The molecule has 0 unspecified atom stereocenters. The number of hydrogen-bond donors (Lipinski definition) is 2. The van der Waals surface area contributed by atoms with Gasteiger partial charge in [0.05, 0.1) is 12.0 Å². The van der Waals surface area contributed by atoms with Crippen LogP contribution in [-0.4, -0.2) is 33.4 Å². The van der Waals surface area contributed by atoms with Crippen LogP contribution in [0.25, 0.3) is 0 Å². The summed E-state index contributed by atoms with van der Waals surface area (Å²) in [6.07, 6.45) is 0. The Balaban J connectivity index is 2.98. The van der Waals surface area contributed by atoms with Crippen LogP contribution in [0, 0.1) is 5.92 Å². The Kier molecular flexibility index (Phi) is 6.07. The molecule has 1 aromatic carbocycles. The van der Waals surface area contributed by atoms with Gasteiger partial charge in [0.15, 0.2) is 0 Å². The summed E-state index contributed by atoms with van der Waals surface area (Å²) in [5, 5.41) is 2.54. The molecule has 0 bridgehead atoms. The maximum Gasteiger partial charge on any atom is 0.324 e. The molecule has 0 aromatic heterocycles. The van der Waals surface area contributed by atoms with Crippen molar-refractivity contribution in [1.29, 1.82) is 0 Å². The summed E-state index contributed by atoms with van der Waals surface area (Å²) >= 11 is 0. The zero-order valence-corrected chi connectivity index (χ0v) is 13.7. The van der Waals surface area contributed by atoms with E-state index >= 15 is 0 Å². The smallest absolute Gasteiger partial charge is 0.324 e. The Bertz CT molecular complexity index is 638. The summed E-state index contributed by atoms with van der Waals surface area (Å²) in [6, 6.07) is 4.67. The topological polar surface area (TPSA) is 102 Å². The van der Waals surface area contributed by atoms with E-state index in [-0.39, 0.29) is 16.7 Å². The molecule has 8 heteroatoms. The Hall–Kier alpha value is -1.93. The highest BCUT2D eigenvalue weighted by molar-refractivity contribution is 7.89. The first-order valence-electron chi connectivity index (χ1n) is 6.65. The second-order valence-electron chi connectivity index (χ2n) is 5.07. The van der Waals surface area contributed by atoms with Crippen LogP contribution < -0.4 is 10.0 Å². The second kappa shape index (κ2) is 7.37. The van der Waals surface area contributed by atoms with Crippen molar-refractivity contribution >= 4 is 27.6 Å². The summed E-state index contributed by atoms with van der Waals surface area (Å²) in [7, 11) is -2.67. The monoisotopic (exact) mass is 328 g/mol. The summed E-state index contributed by atoms with van der Waals surface area (Å²) in [6.45, 7) is 4.78. The van der Waals surface area contributed by atoms with Crippen molar-refractivity contribution in [3.05, 3.63) is 24.3 Å². The fourth-order valence-electron chi connectivity index (χ4n) is 1.74. The third kappa shape index (κ3) is 4.81. The Morgan fingerprint density at radius 3 is 2.09 bits per heavy atom. The number of sulfonamides is 1. The molecule has 0 aliphatic carbocycles. The lowest BCUT2D eigenvalue weighted by Crippen LogP contribution is -2.44. The molecule has 0 saturated heterocycles. The maximum absolute atomic E-state index is 12.3. The summed E-state index contributed by atoms with van der Waals surface area (Å²) in [5.74, 6) is -1.16. The van der Waals surface area contributed by atoms with Gasteiger partial charge < -0.3 is 10.1 Å². The fraction of sp³-hybridized carbons (Fsp3) is 0.429. The van der Waals surface area contributed by atoms with E-state index in [1.807, 2.05) is 0 Å². The molecule has 0 fully saturated rings. The molecule has 2 N–H and O–H groups in total. The second-order valence-corrected chi connectivity index (χ2v) is 6.79. The number of benzene rings is 1. The lowest BCUT2D eigenvalue weighted by molar-refractivity contribution is -0.143. The van der Waals surface area contributed by atoms with Gasteiger partial charge in [-0.25, -0.2) is 8.42 Å². The summed E-state index contributed by atoms with van der Waals surface area (Å²) < 4.78 is 31.5. The van der Waals surface area contributed by atoms with E-state index in [0.717, 1.165) is 0 Å². The average molecular weight is 328 g/mol. The van der Waals surface area contributed by atoms with Crippen LogP contribution in [-0.2, 0) is 24.3 Å². The molecule has 1 aromatic rings. The number of carbonyl (C=O) groups excluding carboxylic acids is 2. The number of anilines is 1. The van der Waals surface area contributed by atoms with Crippen LogP contribution in [0.3, 0.4) is 0 Å². The quantitative estimate of drug-likeness (QED) is 0.762. The van der Waals surface area contributed by atoms with Crippen molar-refractivity contribution in [3.63, 3.8) is 0 Å². The van der Waals surface area contributed by atoms with Crippen molar-refractivity contribution in [2.24, 2.45) is 5.92 Å². The van der Waals surface area contributed by atoms with Gasteiger partial charge in [0, 0.05) is 12.6 Å². The molecule has 0 heterocycles. The number of ether oxygens (including phenoxy) is 1. The first kappa shape index (κ1) is 18.1. The van der Waals surface area contributed by atoms with Crippen LogP contribution in [0.15, 0.2) is 29.2 Å². The summed E-state index contributed by atoms with van der Waals surface area (Å²) in [4.78, 5) is 22.6. The van der Waals surface area contributed by atoms with E-state index in [1.54, 1.807) is 13.8 Å². The predicted molar refractivity (Wildman–Crippen MR) is 81.7 cm³/mol. The lowest BCUT2D eigenvalue weighted by atomic mass is 10.1. The van der Waals surface area contributed by atoms with Crippen LogP contribution >= 0.6 is 0 Å². The Morgan fingerprint density at radius 1 is 1.14 bits per heavy atom. The number of nitrogens with one attached hydrogen (secondary N) is 2. The highest BCUT2D eigenvalue weighted by Gasteiger charge is 2.29. The van der Waals surface area contributed by atoms with E-state index in [9.17, 15) is 18.0 Å². The van der Waals surface area contributed by atoms with Crippen molar-refractivity contribution < 1.29 is 22.7 Å². The molecule has 0 saturated carbocycles. The predicted octanol–water partition coefficient (Wildman–Crippen LogP) is 1.12. The molecule has 22 heavy (non-hydrogen) atoms. The first-order chi connectivity index (χ1) is 10.2. The largest absolute Gasteiger partial charge is 0.468 e. The molecular formula is C14H20N2O5S. The average Bonchev–Trinajstić information content (AvgIpc) is 2.43. The van der Waals surface area contributed by atoms with E-state index in [1.165, 1.54) is 38.3 Å². The number of carbonyl (C=O) groups is 2. The highest BCUT2D eigenvalue weighted by atomic mass is 32.2. The van der Waals surface area contributed by atoms with Gasteiger partial charge in [-0.15, -0.1) is 0 Å². The SMILES string of the molecule is COC(=O)[C@@H](NS(=O)(=O)c1ccc(NC(C)=O)cc1)C(C)C. The molecule has 0 aliphatic heterocycles. The van der Waals surface area contributed by atoms with Crippen LogP contribution in [0.2, 0.25) is 0 Å². The number of hydrogen-bond acceptors (Lipinski definition) is 5.